The van der Waals surface area contributed by atoms with Crippen LogP contribution in [0.15, 0.2) is 11.6 Å². The van der Waals surface area contributed by atoms with Crippen molar-refractivity contribution in [2.75, 3.05) is 29.4 Å². The minimum Gasteiger partial charge on any atom is -0.343 e. The molecule has 4 heterocycles. The molecule has 6 nitrogen and oxygen atoms in total. The molecule has 0 amide bonds. The lowest BCUT2D eigenvalue weighted by molar-refractivity contribution is 0.547. The van der Waals surface area contributed by atoms with Crippen molar-refractivity contribution in [3.63, 3.8) is 0 Å². The van der Waals surface area contributed by atoms with Crippen molar-refractivity contribution in [2.45, 2.75) is 26.8 Å². The minimum atomic E-state index is 0.428. The van der Waals surface area contributed by atoms with Crippen LogP contribution < -0.4 is 9.80 Å². The Balaban J connectivity index is 1.52. The van der Waals surface area contributed by atoms with Gasteiger partial charge in [-0.15, -0.1) is 16.4 Å². The van der Waals surface area contributed by atoms with E-state index in [0.29, 0.717) is 6.04 Å². The molecule has 4 rings (SSSR count). The number of hydrogen-bond donors (Lipinski definition) is 0. The molecule has 0 aliphatic carbocycles. The molecular weight excluding hydrogens is 316 g/mol. The molecule has 116 valence electrons. The average Bonchev–Trinajstić information content (AvgIpc) is 3.13. The number of aryl methyl sites for hydroxylation is 2. The van der Waals surface area contributed by atoms with E-state index in [1.807, 2.05) is 24.6 Å². The van der Waals surface area contributed by atoms with Crippen LogP contribution in [0.1, 0.15) is 18.3 Å². The molecule has 0 aromatic carbocycles. The second-order valence-corrected chi connectivity index (χ2v) is 7.52. The summed E-state index contributed by atoms with van der Waals surface area (Å²) in [5.41, 5.74) is 2.12. The molecule has 3 aromatic heterocycles. The molecule has 8 heteroatoms. The number of anilines is 2. The second kappa shape index (κ2) is 5.20. The highest BCUT2D eigenvalue weighted by Gasteiger charge is 2.27. The van der Waals surface area contributed by atoms with Crippen molar-refractivity contribution >= 4 is 37.9 Å². The van der Waals surface area contributed by atoms with E-state index in [2.05, 4.69) is 37.2 Å². The van der Waals surface area contributed by atoms with Gasteiger partial charge in [0, 0.05) is 31.1 Å². The van der Waals surface area contributed by atoms with E-state index >= 15 is 0 Å². The first-order valence-electron chi connectivity index (χ1n) is 7.36. The van der Waals surface area contributed by atoms with Crippen molar-refractivity contribution in [3.05, 3.63) is 23.0 Å². The summed E-state index contributed by atoms with van der Waals surface area (Å²) in [6.45, 7) is 9.22. The molecule has 0 spiro atoms. The molecule has 0 bridgehead atoms. The van der Waals surface area contributed by atoms with Crippen LogP contribution in [-0.4, -0.2) is 45.3 Å². The first kappa shape index (κ1) is 14.0. The SMILES string of the molecule is Cc1csc(N2CCN(c3nn4cc(C)nc4s3)C[C@H]2C)n1. The van der Waals surface area contributed by atoms with Gasteiger partial charge in [0.2, 0.25) is 10.1 Å². The molecule has 1 fully saturated rings. The Morgan fingerprint density at radius 1 is 1.14 bits per heavy atom. The number of thiazole rings is 1. The number of piperazine rings is 1. The Kier molecular flexibility index (Phi) is 3.30. The van der Waals surface area contributed by atoms with Crippen LogP contribution in [0.4, 0.5) is 10.3 Å². The number of rotatable bonds is 2. The quantitative estimate of drug-likeness (QED) is 0.721. The van der Waals surface area contributed by atoms with Crippen LogP contribution in [-0.2, 0) is 0 Å². The van der Waals surface area contributed by atoms with Gasteiger partial charge in [0.05, 0.1) is 17.6 Å². The van der Waals surface area contributed by atoms with E-state index < -0.39 is 0 Å². The molecule has 0 N–H and O–H groups in total. The lowest BCUT2D eigenvalue weighted by Gasteiger charge is -2.39. The first-order chi connectivity index (χ1) is 10.6. The smallest absolute Gasteiger partial charge is 0.214 e. The summed E-state index contributed by atoms with van der Waals surface area (Å²) in [5, 5.41) is 8.97. The Hall–Kier alpha value is -1.67. The minimum absolute atomic E-state index is 0.428. The molecular formula is C14H18N6S2. The molecule has 1 aliphatic rings. The van der Waals surface area contributed by atoms with E-state index in [0.717, 1.165) is 46.2 Å². The van der Waals surface area contributed by atoms with Gasteiger partial charge in [-0.3, -0.25) is 0 Å². The molecule has 0 saturated carbocycles. The molecule has 22 heavy (non-hydrogen) atoms. The third kappa shape index (κ3) is 2.36. The van der Waals surface area contributed by atoms with Crippen molar-refractivity contribution in [2.24, 2.45) is 0 Å². The van der Waals surface area contributed by atoms with Gasteiger partial charge >= 0.3 is 0 Å². The first-order valence-corrected chi connectivity index (χ1v) is 9.06. The number of imidazole rings is 1. The Bertz CT molecular complexity index is 772. The number of fused-ring (bicyclic) bond motifs is 1. The summed E-state index contributed by atoms with van der Waals surface area (Å²) in [7, 11) is 0. The third-order valence-corrected chi connectivity index (χ3v) is 5.88. The van der Waals surface area contributed by atoms with Crippen LogP contribution in [0.3, 0.4) is 0 Å². The number of hydrogen-bond acceptors (Lipinski definition) is 7. The van der Waals surface area contributed by atoms with Gasteiger partial charge in [0.1, 0.15) is 0 Å². The van der Waals surface area contributed by atoms with Crippen LogP contribution in [0.25, 0.3) is 4.96 Å². The molecule has 1 saturated heterocycles. The van der Waals surface area contributed by atoms with E-state index in [1.54, 1.807) is 22.7 Å². The Labute approximate surface area is 137 Å². The van der Waals surface area contributed by atoms with Gasteiger partial charge in [0.25, 0.3) is 0 Å². The molecule has 1 atom stereocenters. The zero-order valence-electron chi connectivity index (χ0n) is 12.9. The van der Waals surface area contributed by atoms with E-state index in [9.17, 15) is 0 Å². The largest absolute Gasteiger partial charge is 0.343 e. The van der Waals surface area contributed by atoms with Gasteiger partial charge in [-0.1, -0.05) is 11.3 Å². The fourth-order valence-corrected chi connectivity index (χ4v) is 4.71. The maximum absolute atomic E-state index is 4.66. The topological polar surface area (TPSA) is 49.6 Å². The fourth-order valence-electron chi connectivity index (χ4n) is 2.82. The molecule has 1 aliphatic heterocycles. The predicted molar refractivity (Wildman–Crippen MR) is 91.5 cm³/mol. The van der Waals surface area contributed by atoms with E-state index in [-0.39, 0.29) is 0 Å². The Morgan fingerprint density at radius 3 is 2.68 bits per heavy atom. The highest BCUT2D eigenvalue weighted by Crippen LogP contribution is 2.29. The average molecular weight is 334 g/mol. The highest BCUT2D eigenvalue weighted by molar-refractivity contribution is 7.20. The third-order valence-electron chi connectivity index (χ3n) is 3.90. The highest BCUT2D eigenvalue weighted by atomic mass is 32.1. The van der Waals surface area contributed by atoms with Gasteiger partial charge in [-0.2, -0.15) is 0 Å². The van der Waals surface area contributed by atoms with Crippen molar-refractivity contribution < 1.29 is 0 Å². The van der Waals surface area contributed by atoms with Gasteiger partial charge < -0.3 is 9.80 Å². The lowest BCUT2D eigenvalue weighted by atomic mass is 10.2. The van der Waals surface area contributed by atoms with Crippen molar-refractivity contribution in [1.82, 2.24) is 19.6 Å². The summed E-state index contributed by atoms with van der Waals surface area (Å²) >= 11 is 3.40. The maximum Gasteiger partial charge on any atom is 0.214 e. The van der Waals surface area contributed by atoms with Crippen molar-refractivity contribution in [1.29, 1.82) is 0 Å². The van der Waals surface area contributed by atoms with Crippen LogP contribution in [0.2, 0.25) is 0 Å². The summed E-state index contributed by atoms with van der Waals surface area (Å²) in [5.74, 6) is 0. The standard InChI is InChI=1S/C14H18N6S2/c1-9-6-20-13(15-9)22-14(17-20)18-4-5-19(11(3)7-18)12-16-10(2)8-21-12/h6,8,11H,4-5,7H2,1-3H3/t11-/m1/s1. The number of aromatic nitrogens is 4. The number of nitrogens with zero attached hydrogens (tertiary/aromatic N) is 6. The van der Waals surface area contributed by atoms with Crippen LogP contribution in [0.5, 0.6) is 0 Å². The van der Waals surface area contributed by atoms with Crippen LogP contribution >= 0.6 is 22.7 Å². The molecule has 0 radical (unpaired) electrons. The molecule has 0 unspecified atom stereocenters. The lowest BCUT2D eigenvalue weighted by Crippen LogP contribution is -2.52. The molecule has 3 aromatic rings. The van der Waals surface area contributed by atoms with Crippen LogP contribution in [0, 0.1) is 13.8 Å². The second-order valence-electron chi connectivity index (χ2n) is 5.75. The summed E-state index contributed by atoms with van der Waals surface area (Å²) in [6.07, 6.45) is 1.98. The monoisotopic (exact) mass is 334 g/mol. The zero-order valence-corrected chi connectivity index (χ0v) is 14.5. The summed E-state index contributed by atoms with van der Waals surface area (Å²) in [4.78, 5) is 14.8. The predicted octanol–water partition coefficient (Wildman–Crippen LogP) is 2.58. The maximum atomic E-state index is 4.66. The zero-order chi connectivity index (χ0) is 15.3. The fraction of sp³-hybridized carbons (Fsp3) is 0.500. The summed E-state index contributed by atoms with van der Waals surface area (Å²) < 4.78 is 1.89. The normalized spacial score (nSPS) is 19.3. The van der Waals surface area contributed by atoms with Gasteiger partial charge in [-0.25, -0.2) is 14.5 Å². The van der Waals surface area contributed by atoms with Gasteiger partial charge in [0.15, 0.2) is 5.13 Å². The van der Waals surface area contributed by atoms with Crippen molar-refractivity contribution in [3.8, 4) is 0 Å². The van der Waals surface area contributed by atoms with E-state index in [4.69, 9.17) is 0 Å². The Morgan fingerprint density at radius 2 is 2.00 bits per heavy atom. The van der Waals surface area contributed by atoms with Gasteiger partial charge in [-0.05, 0) is 20.8 Å². The summed E-state index contributed by atoms with van der Waals surface area (Å²) in [6, 6.07) is 0.428. The van der Waals surface area contributed by atoms with E-state index in [1.165, 1.54) is 0 Å².